The molecule has 64 valence electrons. The van der Waals surface area contributed by atoms with Gasteiger partial charge in [-0.3, -0.25) is 0 Å². The first-order chi connectivity index (χ1) is 5.27. The van der Waals surface area contributed by atoms with Gasteiger partial charge in [0, 0.05) is 0 Å². The quantitative estimate of drug-likeness (QED) is 0.508. The Bertz CT molecular complexity index is 401. The van der Waals surface area contributed by atoms with Gasteiger partial charge in [-0.15, -0.1) is 11.3 Å². The first kappa shape index (κ1) is 9.64. The maximum atomic E-state index is 5.71. The summed E-state index contributed by atoms with van der Waals surface area (Å²) in [6, 6.07) is 0. The highest BCUT2D eigenvalue weighted by Gasteiger charge is 2.05. The fourth-order valence-electron chi connectivity index (χ4n) is 0.704. The molecule has 12 heavy (non-hydrogen) atoms. The highest BCUT2D eigenvalue weighted by Crippen LogP contribution is 2.22. The Labute approximate surface area is 83.4 Å². The number of aromatic nitrogens is 3. The lowest BCUT2D eigenvalue weighted by molar-refractivity contribution is 1.22. The Balaban J connectivity index is 0.000000720. The molecule has 0 aliphatic heterocycles. The maximum Gasteiger partial charge on any atom is 0.225 e. The van der Waals surface area contributed by atoms with Crippen molar-refractivity contribution in [1.82, 2.24) is 15.0 Å². The minimum absolute atomic E-state index is 0. The molecule has 0 fully saturated rings. The number of nitrogens with zero attached hydrogens (tertiary/aromatic N) is 3. The summed E-state index contributed by atoms with van der Waals surface area (Å²) in [6.45, 7) is 0. The molecule has 0 amide bonds. The average molecular weight is 222 g/mol. The first-order valence-corrected chi connectivity index (χ1v) is 4.33. The third kappa shape index (κ3) is 1.50. The number of rotatable bonds is 0. The smallest absolute Gasteiger partial charge is 0.225 e. The highest BCUT2D eigenvalue weighted by atomic mass is 35.5. The van der Waals surface area contributed by atoms with E-state index in [2.05, 4.69) is 15.0 Å². The van der Waals surface area contributed by atoms with E-state index in [1.165, 1.54) is 11.3 Å². The summed E-state index contributed by atoms with van der Waals surface area (Å²) in [6.07, 6.45) is 0. The van der Waals surface area contributed by atoms with Crippen LogP contribution in [0.4, 0.5) is 0 Å². The molecule has 2 aromatic heterocycles. The molecule has 0 spiro atoms. The van der Waals surface area contributed by atoms with Crippen molar-refractivity contribution in [3.63, 3.8) is 0 Å². The second-order valence-electron chi connectivity index (χ2n) is 1.79. The number of hydrogen-bond donors (Lipinski definition) is 0. The summed E-state index contributed by atoms with van der Waals surface area (Å²) < 4.78 is 0. The molecule has 2 heterocycles. The lowest BCUT2D eigenvalue weighted by Gasteiger charge is -1.90. The van der Waals surface area contributed by atoms with Gasteiger partial charge in [0.15, 0.2) is 5.15 Å². The molecular weight excluding hydrogens is 217 g/mol. The zero-order chi connectivity index (χ0) is 7.84. The molecule has 2 aromatic rings. The first-order valence-electron chi connectivity index (χ1n) is 2.69. The lowest BCUT2D eigenvalue weighted by Crippen LogP contribution is -1.82. The zero-order valence-electron chi connectivity index (χ0n) is 5.08. The highest BCUT2D eigenvalue weighted by molar-refractivity contribution is 7.16. The Kier molecular flexibility index (Phi) is 2.82. The van der Waals surface area contributed by atoms with E-state index in [0.717, 1.165) is 4.83 Å². The SMILES string of the molecule is C.Clc1nc(Cl)c2ncsc2n1. The van der Waals surface area contributed by atoms with Gasteiger partial charge >= 0.3 is 0 Å². The van der Waals surface area contributed by atoms with Gasteiger partial charge in [0.05, 0.1) is 5.51 Å². The van der Waals surface area contributed by atoms with Crippen LogP contribution in [0.1, 0.15) is 7.43 Å². The third-order valence-corrected chi connectivity index (χ3v) is 2.28. The summed E-state index contributed by atoms with van der Waals surface area (Å²) in [5, 5.41) is 0.466. The zero-order valence-corrected chi connectivity index (χ0v) is 7.41. The Morgan fingerprint density at radius 1 is 1.25 bits per heavy atom. The largest absolute Gasteiger partial charge is 0.240 e. The van der Waals surface area contributed by atoms with Gasteiger partial charge in [-0.2, -0.15) is 0 Å². The molecular formula is C6H5Cl2N3S. The summed E-state index contributed by atoms with van der Waals surface area (Å²) in [5.74, 6) is 0. The van der Waals surface area contributed by atoms with Crippen molar-refractivity contribution in [2.75, 3.05) is 0 Å². The minimum Gasteiger partial charge on any atom is -0.240 e. The molecule has 2 rings (SSSR count). The fourth-order valence-corrected chi connectivity index (χ4v) is 1.90. The summed E-state index contributed by atoms with van der Waals surface area (Å²) >= 11 is 12.6. The summed E-state index contributed by atoms with van der Waals surface area (Å²) in [7, 11) is 0. The van der Waals surface area contributed by atoms with Gasteiger partial charge in [-0.25, -0.2) is 15.0 Å². The Morgan fingerprint density at radius 3 is 2.75 bits per heavy atom. The number of halogens is 2. The van der Waals surface area contributed by atoms with Crippen LogP contribution in [0, 0.1) is 0 Å². The van der Waals surface area contributed by atoms with Crippen LogP contribution in [0.25, 0.3) is 10.3 Å². The molecule has 0 atom stereocenters. The number of thiazole rings is 1. The van der Waals surface area contributed by atoms with E-state index in [1.54, 1.807) is 5.51 Å². The molecule has 0 N–H and O–H groups in total. The van der Waals surface area contributed by atoms with E-state index in [-0.39, 0.29) is 12.7 Å². The van der Waals surface area contributed by atoms with Crippen molar-refractivity contribution in [1.29, 1.82) is 0 Å². The second kappa shape index (κ2) is 3.51. The Hall–Kier alpha value is -0.450. The molecule has 0 aliphatic carbocycles. The molecule has 0 saturated carbocycles. The minimum atomic E-state index is 0. The van der Waals surface area contributed by atoms with E-state index in [1.807, 2.05) is 0 Å². The van der Waals surface area contributed by atoms with Gasteiger partial charge in [0.25, 0.3) is 0 Å². The van der Waals surface area contributed by atoms with Crippen molar-refractivity contribution in [3.8, 4) is 0 Å². The average Bonchev–Trinajstić information content (AvgIpc) is 2.34. The van der Waals surface area contributed by atoms with Gasteiger partial charge in [-0.1, -0.05) is 19.0 Å². The molecule has 0 bridgehead atoms. The van der Waals surface area contributed by atoms with Crippen molar-refractivity contribution < 1.29 is 0 Å². The van der Waals surface area contributed by atoms with Gasteiger partial charge in [0.1, 0.15) is 10.3 Å². The van der Waals surface area contributed by atoms with Crippen LogP contribution in [-0.4, -0.2) is 15.0 Å². The third-order valence-electron chi connectivity index (χ3n) is 1.13. The molecule has 0 unspecified atom stereocenters. The maximum absolute atomic E-state index is 5.71. The van der Waals surface area contributed by atoms with Crippen LogP contribution in [0.3, 0.4) is 0 Å². The topological polar surface area (TPSA) is 38.7 Å². The van der Waals surface area contributed by atoms with Crippen LogP contribution < -0.4 is 0 Å². The molecule has 0 aliphatic rings. The standard InChI is InChI=1S/C5HCl2N3S.CH4/c6-3-2-4(11-1-8-2)10-5(7)9-3;/h1H;1H4. The van der Waals surface area contributed by atoms with Crippen molar-refractivity contribution in [2.24, 2.45) is 0 Å². The van der Waals surface area contributed by atoms with Crippen molar-refractivity contribution in [2.45, 2.75) is 7.43 Å². The van der Waals surface area contributed by atoms with Crippen LogP contribution in [0.5, 0.6) is 0 Å². The fraction of sp³-hybridized carbons (Fsp3) is 0.167. The Morgan fingerprint density at radius 2 is 2.00 bits per heavy atom. The predicted molar refractivity (Wildman–Crippen MR) is 52.0 cm³/mol. The van der Waals surface area contributed by atoms with E-state index < -0.39 is 0 Å². The van der Waals surface area contributed by atoms with Crippen LogP contribution in [0.15, 0.2) is 5.51 Å². The molecule has 0 saturated heterocycles. The summed E-state index contributed by atoms with van der Waals surface area (Å²) in [5.41, 5.74) is 2.27. The van der Waals surface area contributed by atoms with Crippen LogP contribution in [-0.2, 0) is 0 Å². The van der Waals surface area contributed by atoms with Gasteiger partial charge in [0.2, 0.25) is 5.28 Å². The van der Waals surface area contributed by atoms with Gasteiger partial charge in [-0.05, 0) is 11.6 Å². The summed E-state index contributed by atoms with van der Waals surface area (Å²) in [4.78, 5) is 12.3. The van der Waals surface area contributed by atoms with Crippen molar-refractivity contribution >= 4 is 44.9 Å². The van der Waals surface area contributed by atoms with Crippen LogP contribution >= 0.6 is 34.5 Å². The molecule has 3 nitrogen and oxygen atoms in total. The normalized spacial score (nSPS) is 9.83. The van der Waals surface area contributed by atoms with E-state index >= 15 is 0 Å². The molecule has 0 aromatic carbocycles. The number of hydrogen-bond acceptors (Lipinski definition) is 4. The lowest BCUT2D eigenvalue weighted by atomic mass is 10.6. The van der Waals surface area contributed by atoms with E-state index in [4.69, 9.17) is 23.2 Å². The van der Waals surface area contributed by atoms with Crippen LogP contribution in [0.2, 0.25) is 10.4 Å². The second-order valence-corrected chi connectivity index (χ2v) is 3.32. The molecule has 6 heteroatoms. The van der Waals surface area contributed by atoms with Crippen molar-refractivity contribution in [3.05, 3.63) is 15.9 Å². The molecule has 0 radical (unpaired) electrons. The number of fused-ring (bicyclic) bond motifs is 1. The van der Waals surface area contributed by atoms with E-state index in [0.29, 0.717) is 10.7 Å². The van der Waals surface area contributed by atoms with Gasteiger partial charge < -0.3 is 0 Å². The van der Waals surface area contributed by atoms with E-state index in [9.17, 15) is 0 Å². The predicted octanol–water partition coefficient (Wildman–Crippen LogP) is 3.03. The monoisotopic (exact) mass is 221 g/mol.